The molecule has 0 saturated carbocycles. The number of carbonyl (C=O) groups is 3. The minimum absolute atomic E-state index is 0.0539. The lowest BCUT2D eigenvalue weighted by atomic mass is 9.93. The Kier molecular flexibility index (Phi) is 24.8. The first-order valence-corrected chi connectivity index (χ1v) is 35.2. The number of ether oxygens (including phenoxy) is 13. The van der Waals surface area contributed by atoms with E-state index in [-0.39, 0.29) is 70.6 Å². The average molecular weight is 1380 g/mol. The van der Waals surface area contributed by atoms with Crippen LogP contribution >= 0.6 is 11.8 Å². The molecule has 0 radical (unpaired) electrons. The molecule has 17 nitrogen and oxygen atoms in total. The number of fused-ring (bicyclic) bond motifs is 1. The molecule has 13 rings (SSSR count). The highest BCUT2D eigenvalue weighted by Crippen LogP contribution is 2.45. The summed E-state index contributed by atoms with van der Waals surface area (Å²) in [6.07, 6.45) is -15.0. The lowest BCUT2D eigenvalue weighted by molar-refractivity contribution is -0.371. The predicted octanol–water partition coefficient (Wildman–Crippen LogP) is 13.7. The van der Waals surface area contributed by atoms with Crippen molar-refractivity contribution in [1.82, 2.24) is 4.90 Å². The highest BCUT2D eigenvalue weighted by atomic mass is 32.2. The smallest absolute Gasteiger partial charge is 0.303 e. The van der Waals surface area contributed by atoms with Crippen LogP contribution in [0.1, 0.15) is 73.5 Å². The minimum Gasteiger partial charge on any atom is -0.454 e. The maximum absolute atomic E-state index is 15.7. The van der Waals surface area contributed by atoms with Crippen LogP contribution in [0.2, 0.25) is 0 Å². The molecule has 4 aliphatic rings. The van der Waals surface area contributed by atoms with Gasteiger partial charge in [0.25, 0.3) is 11.8 Å². The maximum Gasteiger partial charge on any atom is 0.303 e. The van der Waals surface area contributed by atoms with Crippen LogP contribution in [0.15, 0.2) is 272 Å². The zero-order chi connectivity index (χ0) is 69.1. The Hall–Kier alpha value is -8.54. The monoisotopic (exact) mass is 1380 g/mol. The quantitative estimate of drug-likeness (QED) is 0.0296. The Bertz CT molecular complexity index is 3970. The van der Waals surface area contributed by atoms with E-state index in [1.165, 1.54) is 23.6 Å². The molecule has 15 atom stereocenters. The van der Waals surface area contributed by atoms with Crippen molar-refractivity contribution >= 4 is 29.5 Å². The number of esters is 1. The Morgan fingerprint density at radius 2 is 0.703 bits per heavy atom. The van der Waals surface area contributed by atoms with Gasteiger partial charge in [0.2, 0.25) is 0 Å². The van der Waals surface area contributed by atoms with Crippen molar-refractivity contribution in [2.24, 2.45) is 0 Å². The van der Waals surface area contributed by atoms with Gasteiger partial charge in [-0.1, -0.05) is 254 Å². The van der Waals surface area contributed by atoms with Crippen LogP contribution in [0.5, 0.6) is 0 Å². The zero-order valence-electron chi connectivity index (χ0n) is 56.3. The van der Waals surface area contributed by atoms with E-state index in [0.29, 0.717) is 0 Å². The van der Waals surface area contributed by atoms with Gasteiger partial charge in [-0.05, 0) is 70.1 Å². The van der Waals surface area contributed by atoms with Gasteiger partial charge >= 0.3 is 5.97 Å². The van der Waals surface area contributed by atoms with Gasteiger partial charge in [0.05, 0.1) is 76.7 Å². The van der Waals surface area contributed by atoms with E-state index in [1.807, 2.05) is 250 Å². The molecular formula is C83H83NO16S. The second kappa shape index (κ2) is 35.4. The molecule has 0 unspecified atom stereocenters. The maximum atomic E-state index is 15.7. The summed E-state index contributed by atoms with van der Waals surface area (Å²) in [4.78, 5) is 47.4. The summed E-state index contributed by atoms with van der Waals surface area (Å²) in [5.74, 6) is -1.85. The minimum atomic E-state index is -1.56. The second-order valence-electron chi connectivity index (χ2n) is 25.3. The third-order valence-corrected chi connectivity index (χ3v) is 19.3. The molecule has 101 heavy (non-hydrogen) atoms. The summed E-state index contributed by atoms with van der Waals surface area (Å²) in [7, 11) is 0. The Morgan fingerprint density at radius 3 is 1.13 bits per heavy atom. The number of rotatable bonds is 31. The standard InChI is InChI=1S/C83H83NO16S/c1-56-71(90-49-60-33-15-5-16-34-60)75(92-51-62-37-19-7-20-38-62)77(94-53-64-41-23-9-24-42-64)81(95-56)100-74-70(84-79(86)66-45-27-28-46-67(66)80(84)87)83(101-65-43-25-10-26-44-65)98-69(55-89-48-59-31-13-4-14-32-59)73(74)99-82-78(96-57(2)85)76(93-52-63-39-21-8-22-40-63)72(91-50-61-35-17-6-18-36-61)68(97-82)54-88-47-58-29-11-3-12-30-58/h3-46,56,68-78,81-83H,47-55H2,1-2H3/t56-,68+,69+,70+,71+,72-,73+,74+,75+,76-,77-,78+,81-,82-,83-/m0/s1. The third kappa shape index (κ3) is 18.4. The van der Waals surface area contributed by atoms with Crippen molar-refractivity contribution in [3.8, 4) is 0 Å². The summed E-state index contributed by atoms with van der Waals surface area (Å²) in [5, 5.41) is 0. The highest BCUT2D eigenvalue weighted by Gasteiger charge is 2.60. The third-order valence-electron chi connectivity index (χ3n) is 18.2. The first kappa shape index (κ1) is 70.9. The van der Waals surface area contributed by atoms with Crippen molar-refractivity contribution in [1.29, 1.82) is 0 Å². The van der Waals surface area contributed by atoms with Gasteiger partial charge in [0.15, 0.2) is 18.7 Å². The summed E-state index contributed by atoms with van der Waals surface area (Å²) in [6.45, 7) is 3.95. The first-order chi connectivity index (χ1) is 49.7. The molecule has 0 aromatic heterocycles. The molecule has 0 bridgehead atoms. The van der Waals surface area contributed by atoms with Gasteiger partial charge in [0, 0.05) is 11.8 Å². The van der Waals surface area contributed by atoms with Gasteiger partial charge in [-0.15, -0.1) is 0 Å². The van der Waals surface area contributed by atoms with E-state index in [4.69, 9.17) is 61.6 Å². The van der Waals surface area contributed by atoms with Crippen molar-refractivity contribution < 1.29 is 76.0 Å². The van der Waals surface area contributed by atoms with Gasteiger partial charge in [-0.3, -0.25) is 19.3 Å². The molecule has 4 heterocycles. The number of carbonyl (C=O) groups excluding carboxylic acids is 3. The molecule has 2 amide bonds. The fraction of sp³-hybridized carbons (Fsp3) is 0.313. The van der Waals surface area contributed by atoms with E-state index in [1.54, 1.807) is 24.3 Å². The van der Waals surface area contributed by atoms with Crippen molar-refractivity contribution in [3.63, 3.8) is 0 Å². The summed E-state index contributed by atoms with van der Waals surface area (Å²) < 4.78 is 93.0. The van der Waals surface area contributed by atoms with Crippen LogP contribution in [0, 0.1) is 0 Å². The number of hydrogen-bond acceptors (Lipinski definition) is 17. The number of thioether (sulfide) groups is 1. The molecule has 522 valence electrons. The van der Waals surface area contributed by atoms with Crippen LogP contribution in [0.3, 0.4) is 0 Å². The molecule has 0 N–H and O–H groups in total. The molecule has 9 aromatic rings. The first-order valence-electron chi connectivity index (χ1n) is 34.3. The summed E-state index contributed by atoms with van der Waals surface area (Å²) >= 11 is 1.31. The summed E-state index contributed by atoms with van der Waals surface area (Å²) in [6, 6.07) is 83.2. The lowest BCUT2D eigenvalue weighted by Gasteiger charge is -2.53. The van der Waals surface area contributed by atoms with Crippen LogP contribution in [-0.4, -0.2) is 127 Å². The van der Waals surface area contributed by atoms with E-state index in [9.17, 15) is 4.79 Å². The number of amides is 2. The van der Waals surface area contributed by atoms with E-state index >= 15 is 9.59 Å². The molecule has 0 aliphatic carbocycles. The summed E-state index contributed by atoms with van der Waals surface area (Å²) in [5.41, 5.74) is 5.44. The highest BCUT2D eigenvalue weighted by molar-refractivity contribution is 7.99. The normalized spacial score (nSPS) is 25.7. The fourth-order valence-corrected chi connectivity index (χ4v) is 14.4. The van der Waals surface area contributed by atoms with Gasteiger partial charge < -0.3 is 61.6 Å². The molecule has 18 heteroatoms. The van der Waals surface area contributed by atoms with Crippen LogP contribution in [-0.2, 0) is 113 Å². The van der Waals surface area contributed by atoms with Crippen LogP contribution in [0.25, 0.3) is 0 Å². The van der Waals surface area contributed by atoms with Gasteiger partial charge in [-0.2, -0.15) is 0 Å². The number of hydrogen-bond donors (Lipinski definition) is 0. The predicted molar refractivity (Wildman–Crippen MR) is 377 cm³/mol. The molecule has 3 fully saturated rings. The number of imide groups is 1. The van der Waals surface area contributed by atoms with Crippen molar-refractivity contribution in [3.05, 3.63) is 317 Å². The topological polar surface area (TPSA) is 174 Å². The SMILES string of the molecule is CC(=O)O[C@H]1[C@H](O[C@H]2[C@H](O[C@@H]3O[C@@H](C)[C@@H](OCc4ccccc4)[C@@H](OCc4ccccc4)[C@@H]3OCc3ccccc3)[C@@H](N3C(=O)c4ccccc4C3=O)[C@H](Sc3ccccc3)O[C@@H]2COCc2ccccc2)O[C@H](COCc2ccccc2)[C@H](OCc2ccccc2)[C@@H]1OCc1ccccc1. The van der Waals surface area contributed by atoms with Crippen molar-refractivity contribution in [2.75, 3.05) is 13.2 Å². The van der Waals surface area contributed by atoms with Gasteiger partial charge in [0.1, 0.15) is 66.4 Å². The Morgan fingerprint density at radius 1 is 0.366 bits per heavy atom. The van der Waals surface area contributed by atoms with Crippen LogP contribution < -0.4 is 0 Å². The fourth-order valence-electron chi connectivity index (χ4n) is 13.2. The molecule has 4 aliphatic heterocycles. The van der Waals surface area contributed by atoms with E-state index < -0.39 is 109 Å². The lowest BCUT2D eigenvalue weighted by Crippen LogP contribution is -2.70. The molecular weight excluding hydrogens is 1300 g/mol. The Balaban J connectivity index is 0.969. The van der Waals surface area contributed by atoms with Crippen molar-refractivity contribution in [2.45, 2.75) is 156 Å². The van der Waals surface area contributed by atoms with E-state index in [0.717, 1.165) is 43.8 Å². The molecule has 0 spiro atoms. The van der Waals surface area contributed by atoms with Crippen LogP contribution in [0.4, 0.5) is 0 Å². The zero-order valence-corrected chi connectivity index (χ0v) is 57.1. The molecule has 3 saturated heterocycles. The average Bonchev–Trinajstić information content (AvgIpc) is 1.70. The largest absolute Gasteiger partial charge is 0.454 e. The molecule has 9 aromatic carbocycles. The van der Waals surface area contributed by atoms with E-state index in [2.05, 4.69) is 0 Å². The second-order valence-corrected chi connectivity index (χ2v) is 26.5. The Labute approximate surface area is 593 Å². The number of benzene rings is 9. The number of nitrogens with zero attached hydrogens (tertiary/aromatic N) is 1. The van der Waals surface area contributed by atoms with Gasteiger partial charge in [-0.25, -0.2) is 0 Å².